The topological polar surface area (TPSA) is 27.3 Å². The quantitative estimate of drug-likeness (QED) is 0.680. The SMILES string of the molecule is CNC1CCN(CC2(C)CCNC2)C1. The van der Waals surface area contributed by atoms with Gasteiger partial charge in [-0.2, -0.15) is 0 Å². The molecule has 3 heteroatoms. The van der Waals surface area contributed by atoms with E-state index in [2.05, 4.69) is 29.5 Å². The summed E-state index contributed by atoms with van der Waals surface area (Å²) in [5.74, 6) is 0. The van der Waals surface area contributed by atoms with E-state index in [-0.39, 0.29) is 0 Å². The Morgan fingerprint density at radius 1 is 1.57 bits per heavy atom. The van der Waals surface area contributed by atoms with Crippen LogP contribution in [0.5, 0.6) is 0 Å². The molecule has 14 heavy (non-hydrogen) atoms. The smallest absolute Gasteiger partial charge is 0.0204 e. The number of nitrogens with zero attached hydrogens (tertiary/aromatic N) is 1. The van der Waals surface area contributed by atoms with Gasteiger partial charge in [0.15, 0.2) is 0 Å². The zero-order valence-corrected chi connectivity index (χ0v) is 9.47. The summed E-state index contributed by atoms with van der Waals surface area (Å²) >= 11 is 0. The van der Waals surface area contributed by atoms with E-state index in [0.29, 0.717) is 5.41 Å². The molecule has 2 atom stereocenters. The number of hydrogen-bond acceptors (Lipinski definition) is 3. The largest absolute Gasteiger partial charge is 0.316 e. The van der Waals surface area contributed by atoms with Crippen LogP contribution in [0, 0.1) is 5.41 Å². The second-order valence-electron chi connectivity index (χ2n) is 5.25. The van der Waals surface area contributed by atoms with Crippen molar-refractivity contribution in [2.24, 2.45) is 5.41 Å². The lowest BCUT2D eigenvalue weighted by Crippen LogP contribution is -2.38. The number of likely N-dealkylation sites (N-methyl/N-ethyl adjacent to an activating group) is 1. The second-order valence-corrected chi connectivity index (χ2v) is 5.25. The Morgan fingerprint density at radius 2 is 2.43 bits per heavy atom. The fraction of sp³-hybridized carbons (Fsp3) is 1.00. The second kappa shape index (κ2) is 4.17. The highest BCUT2D eigenvalue weighted by molar-refractivity contribution is 4.90. The third-order valence-corrected chi connectivity index (χ3v) is 3.74. The van der Waals surface area contributed by atoms with E-state index in [4.69, 9.17) is 0 Å². The lowest BCUT2D eigenvalue weighted by Gasteiger charge is -2.29. The molecule has 0 saturated carbocycles. The van der Waals surface area contributed by atoms with E-state index >= 15 is 0 Å². The maximum absolute atomic E-state index is 3.47. The minimum Gasteiger partial charge on any atom is -0.316 e. The molecule has 2 rings (SSSR count). The predicted molar refractivity (Wildman–Crippen MR) is 59.5 cm³/mol. The summed E-state index contributed by atoms with van der Waals surface area (Å²) in [6, 6.07) is 0.730. The molecule has 2 heterocycles. The van der Waals surface area contributed by atoms with Crippen molar-refractivity contribution in [3.05, 3.63) is 0 Å². The summed E-state index contributed by atoms with van der Waals surface area (Å²) in [4.78, 5) is 2.62. The molecule has 2 aliphatic rings. The molecule has 3 nitrogen and oxygen atoms in total. The lowest BCUT2D eigenvalue weighted by atomic mass is 9.89. The fourth-order valence-corrected chi connectivity index (χ4v) is 2.76. The average Bonchev–Trinajstić information content (AvgIpc) is 2.75. The number of nitrogens with one attached hydrogen (secondary N) is 2. The van der Waals surface area contributed by atoms with Gasteiger partial charge in [0.2, 0.25) is 0 Å². The Bertz CT molecular complexity index is 187. The highest BCUT2D eigenvalue weighted by Crippen LogP contribution is 2.27. The van der Waals surface area contributed by atoms with Crippen LogP contribution in [0.3, 0.4) is 0 Å². The summed E-state index contributed by atoms with van der Waals surface area (Å²) in [5.41, 5.74) is 0.530. The van der Waals surface area contributed by atoms with Crippen LogP contribution >= 0.6 is 0 Å². The molecule has 2 aliphatic heterocycles. The van der Waals surface area contributed by atoms with Gasteiger partial charge < -0.3 is 15.5 Å². The zero-order valence-electron chi connectivity index (χ0n) is 9.47. The van der Waals surface area contributed by atoms with Crippen molar-refractivity contribution in [1.29, 1.82) is 0 Å². The molecule has 0 aromatic heterocycles. The molecule has 0 aliphatic carbocycles. The van der Waals surface area contributed by atoms with Crippen molar-refractivity contribution in [1.82, 2.24) is 15.5 Å². The zero-order chi connectivity index (χ0) is 10.0. The molecular weight excluding hydrogens is 174 g/mol. The van der Waals surface area contributed by atoms with Gasteiger partial charge >= 0.3 is 0 Å². The monoisotopic (exact) mass is 197 g/mol. The van der Waals surface area contributed by atoms with Gasteiger partial charge in [0.05, 0.1) is 0 Å². The van der Waals surface area contributed by atoms with Crippen molar-refractivity contribution < 1.29 is 0 Å². The van der Waals surface area contributed by atoms with Gasteiger partial charge in [-0.1, -0.05) is 6.92 Å². The Hall–Kier alpha value is -0.120. The third kappa shape index (κ3) is 2.27. The van der Waals surface area contributed by atoms with Crippen LogP contribution in [0.15, 0.2) is 0 Å². The summed E-state index contributed by atoms with van der Waals surface area (Å²) in [6.07, 6.45) is 2.66. The molecule has 0 bridgehead atoms. The fourth-order valence-electron chi connectivity index (χ4n) is 2.76. The molecule has 2 N–H and O–H groups in total. The van der Waals surface area contributed by atoms with E-state index in [1.807, 2.05) is 0 Å². The van der Waals surface area contributed by atoms with Crippen LogP contribution < -0.4 is 10.6 Å². The van der Waals surface area contributed by atoms with Gasteiger partial charge in [0.1, 0.15) is 0 Å². The van der Waals surface area contributed by atoms with E-state index in [1.54, 1.807) is 0 Å². The minimum absolute atomic E-state index is 0.530. The standard InChI is InChI=1S/C11H23N3/c1-11(4-5-13-8-11)9-14-6-3-10(7-14)12-2/h10,12-13H,3-9H2,1-2H3. The first-order chi connectivity index (χ1) is 6.72. The van der Waals surface area contributed by atoms with Crippen LogP contribution in [-0.2, 0) is 0 Å². The molecule has 0 aromatic carbocycles. The van der Waals surface area contributed by atoms with Gasteiger partial charge in [-0.15, -0.1) is 0 Å². The highest BCUT2D eigenvalue weighted by atomic mass is 15.2. The normalized spacial score (nSPS) is 39.4. The van der Waals surface area contributed by atoms with Crippen molar-refractivity contribution in [3.8, 4) is 0 Å². The Morgan fingerprint density at radius 3 is 3.00 bits per heavy atom. The van der Waals surface area contributed by atoms with E-state index in [0.717, 1.165) is 6.04 Å². The van der Waals surface area contributed by atoms with Crippen LogP contribution in [0.2, 0.25) is 0 Å². The first-order valence-corrected chi connectivity index (χ1v) is 5.82. The van der Waals surface area contributed by atoms with Gasteiger partial charge in [0.25, 0.3) is 0 Å². The van der Waals surface area contributed by atoms with Crippen molar-refractivity contribution in [2.45, 2.75) is 25.8 Å². The Kier molecular flexibility index (Phi) is 3.10. The van der Waals surface area contributed by atoms with Crippen molar-refractivity contribution in [2.75, 3.05) is 39.8 Å². The molecule has 0 radical (unpaired) electrons. The summed E-state index contributed by atoms with van der Waals surface area (Å²) in [7, 11) is 2.08. The van der Waals surface area contributed by atoms with Crippen LogP contribution in [0.1, 0.15) is 19.8 Å². The average molecular weight is 197 g/mol. The molecule has 0 aromatic rings. The van der Waals surface area contributed by atoms with Crippen LogP contribution in [0.25, 0.3) is 0 Å². The van der Waals surface area contributed by atoms with Crippen molar-refractivity contribution >= 4 is 0 Å². The maximum atomic E-state index is 3.47. The Balaban J connectivity index is 1.80. The van der Waals surface area contributed by atoms with E-state index in [9.17, 15) is 0 Å². The van der Waals surface area contributed by atoms with Crippen LogP contribution in [0.4, 0.5) is 0 Å². The summed E-state index contributed by atoms with van der Waals surface area (Å²) in [5, 5.41) is 6.84. The maximum Gasteiger partial charge on any atom is 0.0204 e. The molecule has 2 unspecified atom stereocenters. The summed E-state index contributed by atoms with van der Waals surface area (Å²) in [6.45, 7) is 8.62. The molecule has 0 amide bonds. The highest BCUT2D eigenvalue weighted by Gasteiger charge is 2.32. The first kappa shape index (κ1) is 10.4. The van der Waals surface area contributed by atoms with Gasteiger partial charge in [0, 0.05) is 25.7 Å². The number of hydrogen-bond donors (Lipinski definition) is 2. The minimum atomic E-state index is 0.530. The van der Waals surface area contributed by atoms with Crippen LogP contribution in [-0.4, -0.2) is 50.7 Å². The molecule has 2 saturated heterocycles. The molecular formula is C11H23N3. The third-order valence-electron chi connectivity index (χ3n) is 3.74. The summed E-state index contributed by atoms with van der Waals surface area (Å²) < 4.78 is 0. The Labute approximate surface area is 87.2 Å². The van der Waals surface area contributed by atoms with Gasteiger partial charge in [-0.25, -0.2) is 0 Å². The molecule has 2 fully saturated rings. The molecule has 82 valence electrons. The predicted octanol–water partition coefficient (Wildman–Crippen LogP) is 0.280. The van der Waals surface area contributed by atoms with Gasteiger partial charge in [-0.05, 0) is 38.4 Å². The molecule has 0 spiro atoms. The van der Waals surface area contributed by atoms with E-state index in [1.165, 1.54) is 45.6 Å². The van der Waals surface area contributed by atoms with Crippen molar-refractivity contribution in [3.63, 3.8) is 0 Å². The number of likely N-dealkylation sites (tertiary alicyclic amines) is 1. The van der Waals surface area contributed by atoms with E-state index < -0.39 is 0 Å². The number of rotatable bonds is 3. The van der Waals surface area contributed by atoms with Gasteiger partial charge in [-0.3, -0.25) is 0 Å². The first-order valence-electron chi connectivity index (χ1n) is 5.82. The lowest BCUT2D eigenvalue weighted by molar-refractivity contribution is 0.206.